The molecule has 0 N–H and O–H groups in total. The SMILES string of the molecule is Cc1ccc(Oc2ccc(C3(c4cccc(Oc5ccc(C)cc5)c4)CCC(CC(C)C)CC3)cc2)cc1. The number of hydrogen-bond acceptors (Lipinski definition) is 2. The third-order valence-electron chi connectivity index (χ3n) is 8.07. The number of benzene rings is 4. The fraction of sp³-hybridized carbons (Fsp3) is 0.333. The van der Waals surface area contributed by atoms with Gasteiger partial charge < -0.3 is 9.47 Å². The molecule has 0 saturated heterocycles. The number of hydrogen-bond donors (Lipinski definition) is 0. The van der Waals surface area contributed by atoms with Crippen molar-refractivity contribution in [1.29, 1.82) is 0 Å². The standard InChI is InChI=1S/C36H40O2/c1-26(2)24-29-20-22-36(23-21-29,30-12-18-34(19-13-30)37-32-14-8-27(3)9-15-32)31-6-5-7-35(25-31)38-33-16-10-28(4)11-17-33/h5-19,25-26,29H,20-24H2,1-4H3. The van der Waals surface area contributed by atoms with E-state index in [0.717, 1.165) is 47.7 Å². The molecule has 0 amide bonds. The summed E-state index contributed by atoms with van der Waals surface area (Å²) in [4.78, 5) is 0. The van der Waals surface area contributed by atoms with Gasteiger partial charge in [-0.05, 0) is 117 Å². The molecule has 5 rings (SSSR count). The molecule has 0 aromatic heterocycles. The highest BCUT2D eigenvalue weighted by Crippen LogP contribution is 2.48. The summed E-state index contributed by atoms with van der Waals surface area (Å²) in [5, 5.41) is 0. The first-order valence-electron chi connectivity index (χ1n) is 14.1. The molecule has 2 heteroatoms. The van der Waals surface area contributed by atoms with Gasteiger partial charge in [0, 0.05) is 5.41 Å². The van der Waals surface area contributed by atoms with E-state index in [9.17, 15) is 0 Å². The Bertz CT molecular complexity index is 1310. The summed E-state index contributed by atoms with van der Waals surface area (Å²) in [7, 11) is 0. The van der Waals surface area contributed by atoms with Gasteiger partial charge in [-0.25, -0.2) is 0 Å². The van der Waals surface area contributed by atoms with E-state index in [4.69, 9.17) is 9.47 Å². The molecule has 1 fully saturated rings. The first-order chi connectivity index (χ1) is 18.4. The van der Waals surface area contributed by atoms with Crippen molar-refractivity contribution in [3.8, 4) is 23.0 Å². The van der Waals surface area contributed by atoms with Gasteiger partial charge in [0.05, 0.1) is 0 Å². The normalized spacial score (nSPS) is 19.3. The van der Waals surface area contributed by atoms with Crippen LogP contribution in [0.2, 0.25) is 0 Å². The third kappa shape index (κ3) is 6.13. The van der Waals surface area contributed by atoms with Crippen LogP contribution >= 0.6 is 0 Å². The van der Waals surface area contributed by atoms with Gasteiger partial charge in [-0.15, -0.1) is 0 Å². The Hall–Kier alpha value is -3.52. The van der Waals surface area contributed by atoms with Crippen molar-refractivity contribution < 1.29 is 9.47 Å². The molecule has 4 aromatic rings. The van der Waals surface area contributed by atoms with Gasteiger partial charge in [0.2, 0.25) is 0 Å². The van der Waals surface area contributed by atoms with E-state index in [1.807, 2.05) is 24.3 Å². The van der Waals surface area contributed by atoms with E-state index in [0.29, 0.717) is 0 Å². The molecule has 0 bridgehead atoms. The topological polar surface area (TPSA) is 18.5 Å². The molecule has 0 spiro atoms. The molecular weight excluding hydrogens is 464 g/mol. The van der Waals surface area contributed by atoms with Crippen LogP contribution in [0.5, 0.6) is 23.0 Å². The van der Waals surface area contributed by atoms with E-state index in [1.165, 1.54) is 41.5 Å². The molecule has 4 aromatic carbocycles. The Labute approximate surface area is 228 Å². The van der Waals surface area contributed by atoms with Gasteiger partial charge in [0.15, 0.2) is 0 Å². The van der Waals surface area contributed by atoms with Crippen LogP contribution in [-0.4, -0.2) is 0 Å². The highest BCUT2D eigenvalue weighted by atomic mass is 16.5. The van der Waals surface area contributed by atoms with Crippen molar-refractivity contribution in [1.82, 2.24) is 0 Å². The summed E-state index contributed by atoms with van der Waals surface area (Å²) >= 11 is 0. The molecule has 0 atom stereocenters. The molecule has 1 saturated carbocycles. The summed E-state index contributed by atoms with van der Waals surface area (Å²) in [6.07, 6.45) is 6.12. The number of aryl methyl sites for hydroxylation is 2. The molecule has 1 aliphatic rings. The molecule has 38 heavy (non-hydrogen) atoms. The van der Waals surface area contributed by atoms with Crippen LogP contribution < -0.4 is 9.47 Å². The first kappa shape index (κ1) is 26.1. The molecule has 2 nitrogen and oxygen atoms in total. The van der Waals surface area contributed by atoms with Crippen molar-refractivity contribution in [2.75, 3.05) is 0 Å². The quantitative estimate of drug-likeness (QED) is 0.238. The average Bonchev–Trinajstić information content (AvgIpc) is 2.92. The fourth-order valence-electron chi connectivity index (χ4n) is 6.00. The highest BCUT2D eigenvalue weighted by molar-refractivity contribution is 5.46. The van der Waals surface area contributed by atoms with Crippen molar-refractivity contribution >= 4 is 0 Å². The van der Waals surface area contributed by atoms with Crippen molar-refractivity contribution in [3.63, 3.8) is 0 Å². The van der Waals surface area contributed by atoms with Crippen LogP contribution in [0.4, 0.5) is 0 Å². The maximum atomic E-state index is 6.29. The van der Waals surface area contributed by atoms with Gasteiger partial charge >= 0.3 is 0 Å². The Morgan fingerprint density at radius 2 is 1.13 bits per heavy atom. The zero-order valence-electron chi connectivity index (χ0n) is 23.2. The lowest BCUT2D eigenvalue weighted by Gasteiger charge is -2.42. The Balaban J connectivity index is 1.43. The van der Waals surface area contributed by atoms with Gasteiger partial charge in [-0.2, -0.15) is 0 Å². The Morgan fingerprint density at radius 1 is 0.632 bits per heavy atom. The highest BCUT2D eigenvalue weighted by Gasteiger charge is 2.38. The summed E-state index contributed by atoms with van der Waals surface area (Å²) in [6.45, 7) is 8.89. The van der Waals surface area contributed by atoms with Crippen LogP contribution in [0, 0.1) is 25.7 Å². The van der Waals surface area contributed by atoms with Crippen molar-refractivity contribution in [3.05, 3.63) is 119 Å². The largest absolute Gasteiger partial charge is 0.457 e. The summed E-state index contributed by atoms with van der Waals surface area (Å²) in [5.41, 5.74) is 5.15. The maximum Gasteiger partial charge on any atom is 0.127 e. The minimum atomic E-state index is -0.0253. The Kier molecular flexibility index (Phi) is 7.88. The Morgan fingerprint density at radius 3 is 1.66 bits per heavy atom. The number of rotatable bonds is 8. The van der Waals surface area contributed by atoms with Gasteiger partial charge in [0.1, 0.15) is 23.0 Å². The third-order valence-corrected chi connectivity index (χ3v) is 8.07. The van der Waals surface area contributed by atoms with E-state index in [1.54, 1.807) is 0 Å². The zero-order valence-corrected chi connectivity index (χ0v) is 23.2. The fourth-order valence-corrected chi connectivity index (χ4v) is 6.00. The van der Waals surface area contributed by atoms with Crippen LogP contribution in [0.15, 0.2) is 97.1 Å². The van der Waals surface area contributed by atoms with Gasteiger partial charge in [-0.3, -0.25) is 0 Å². The van der Waals surface area contributed by atoms with Crippen molar-refractivity contribution in [2.24, 2.45) is 11.8 Å². The van der Waals surface area contributed by atoms with E-state index >= 15 is 0 Å². The maximum absolute atomic E-state index is 6.29. The molecule has 0 heterocycles. The lowest BCUT2D eigenvalue weighted by Crippen LogP contribution is -2.33. The van der Waals surface area contributed by atoms with Crippen LogP contribution in [0.1, 0.15) is 68.2 Å². The zero-order chi connectivity index (χ0) is 26.5. The van der Waals surface area contributed by atoms with E-state index in [2.05, 4.69) is 100 Å². The van der Waals surface area contributed by atoms with Gasteiger partial charge in [-0.1, -0.05) is 73.5 Å². The molecule has 0 aliphatic heterocycles. The van der Waals surface area contributed by atoms with E-state index < -0.39 is 0 Å². The van der Waals surface area contributed by atoms with Gasteiger partial charge in [0.25, 0.3) is 0 Å². The van der Waals surface area contributed by atoms with E-state index in [-0.39, 0.29) is 5.41 Å². The van der Waals surface area contributed by atoms with Crippen LogP contribution in [0.3, 0.4) is 0 Å². The van der Waals surface area contributed by atoms with Crippen molar-refractivity contribution in [2.45, 2.75) is 65.2 Å². The number of ether oxygens (including phenoxy) is 2. The lowest BCUT2D eigenvalue weighted by atomic mass is 9.62. The molecule has 0 unspecified atom stereocenters. The summed E-state index contributed by atoms with van der Waals surface area (Å²) in [6, 6.07) is 34.1. The van der Waals surface area contributed by atoms with Crippen LogP contribution in [-0.2, 0) is 5.41 Å². The average molecular weight is 505 g/mol. The molecule has 196 valence electrons. The lowest BCUT2D eigenvalue weighted by molar-refractivity contribution is 0.237. The predicted octanol–water partition coefficient (Wildman–Crippen LogP) is 10.4. The minimum Gasteiger partial charge on any atom is -0.457 e. The molecule has 1 aliphatic carbocycles. The minimum absolute atomic E-state index is 0.0253. The smallest absolute Gasteiger partial charge is 0.127 e. The monoisotopic (exact) mass is 504 g/mol. The predicted molar refractivity (Wildman–Crippen MR) is 158 cm³/mol. The summed E-state index contributed by atoms with van der Waals surface area (Å²) in [5.74, 6) is 5.07. The molecule has 0 radical (unpaired) electrons. The second-order valence-corrected chi connectivity index (χ2v) is 11.5. The second kappa shape index (κ2) is 11.5. The summed E-state index contributed by atoms with van der Waals surface area (Å²) < 4.78 is 12.4. The second-order valence-electron chi connectivity index (χ2n) is 11.5. The van der Waals surface area contributed by atoms with Crippen LogP contribution in [0.25, 0.3) is 0 Å². The molecular formula is C36H40O2. The first-order valence-corrected chi connectivity index (χ1v) is 14.1.